The first-order valence-electron chi connectivity index (χ1n) is 8.15. The van der Waals surface area contributed by atoms with E-state index in [-0.39, 0.29) is 11.2 Å². The van der Waals surface area contributed by atoms with Crippen LogP contribution in [0.5, 0.6) is 0 Å². The van der Waals surface area contributed by atoms with Crippen LogP contribution in [0.4, 0.5) is 4.39 Å². The van der Waals surface area contributed by atoms with Gasteiger partial charge in [0.25, 0.3) is 0 Å². The molecule has 1 rings (SSSR count). The second-order valence-electron chi connectivity index (χ2n) is 7.03. The van der Waals surface area contributed by atoms with E-state index in [1.54, 1.807) is 13.0 Å². The molecule has 0 fully saturated rings. The lowest BCUT2D eigenvalue weighted by Crippen LogP contribution is -2.44. The predicted octanol–water partition coefficient (Wildman–Crippen LogP) is 2.78. The first-order chi connectivity index (χ1) is 10.7. The first kappa shape index (κ1) is 19.4. The van der Waals surface area contributed by atoms with Crippen molar-refractivity contribution in [1.29, 1.82) is 0 Å². The van der Waals surface area contributed by atoms with Gasteiger partial charge in [-0.15, -0.1) is 0 Å². The van der Waals surface area contributed by atoms with Crippen molar-refractivity contribution in [3.05, 3.63) is 35.1 Å². The van der Waals surface area contributed by atoms with Gasteiger partial charge < -0.3 is 15.5 Å². The van der Waals surface area contributed by atoms with Gasteiger partial charge in [-0.3, -0.25) is 0 Å². The van der Waals surface area contributed by atoms with Crippen LogP contribution in [0.1, 0.15) is 31.9 Å². The topological polar surface area (TPSA) is 39.7 Å². The molecule has 2 N–H and O–H groups in total. The summed E-state index contributed by atoms with van der Waals surface area (Å²) in [5.41, 5.74) is 1.81. The van der Waals surface area contributed by atoms with E-state index in [1.807, 2.05) is 13.0 Å². The molecule has 23 heavy (non-hydrogen) atoms. The summed E-state index contributed by atoms with van der Waals surface area (Å²) in [7, 11) is 4.16. The highest BCUT2D eigenvalue weighted by Gasteiger charge is 2.19. The first-order valence-corrected chi connectivity index (χ1v) is 8.15. The van der Waals surface area contributed by atoms with E-state index >= 15 is 0 Å². The molecule has 1 aromatic rings. The number of halogens is 1. The van der Waals surface area contributed by atoms with E-state index in [2.05, 4.69) is 48.5 Å². The van der Waals surface area contributed by atoms with E-state index in [9.17, 15) is 4.39 Å². The molecule has 0 amide bonds. The second kappa shape index (κ2) is 8.87. The maximum absolute atomic E-state index is 13.3. The van der Waals surface area contributed by atoms with Crippen molar-refractivity contribution in [3.8, 4) is 0 Å². The lowest BCUT2D eigenvalue weighted by atomic mass is 9.93. The Bertz CT molecular complexity index is 524. The number of guanidine groups is 1. The highest BCUT2D eigenvalue weighted by Crippen LogP contribution is 2.14. The third-order valence-electron chi connectivity index (χ3n) is 3.46. The normalized spacial score (nSPS) is 12.6. The molecule has 0 bridgehead atoms. The van der Waals surface area contributed by atoms with Crippen LogP contribution in [0.2, 0.25) is 0 Å². The summed E-state index contributed by atoms with van der Waals surface area (Å²) in [5, 5.41) is 6.66. The highest BCUT2D eigenvalue weighted by molar-refractivity contribution is 5.79. The monoisotopic (exact) mass is 322 g/mol. The molecule has 0 aromatic heterocycles. The quantitative estimate of drug-likeness (QED) is 0.599. The molecular weight excluding hydrogens is 291 g/mol. The van der Waals surface area contributed by atoms with Gasteiger partial charge in [-0.2, -0.15) is 0 Å². The lowest BCUT2D eigenvalue weighted by Gasteiger charge is -2.29. The van der Waals surface area contributed by atoms with Crippen LogP contribution in [0.15, 0.2) is 23.2 Å². The minimum absolute atomic E-state index is 0.145. The minimum Gasteiger partial charge on any atom is -0.357 e. The molecule has 0 saturated carbocycles. The average Bonchev–Trinajstić information content (AvgIpc) is 2.44. The maximum atomic E-state index is 13.3. The molecule has 0 aliphatic rings. The number of aliphatic imine (C=N–C) groups is 1. The number of hydrogen-bond acceptors (Lipinski definition) is 2. The molecular formula is C18H31FN4. The molecule has 0 spiro atoms. The Labute approximate surface area is 140 Å². The van der Waals surface area contributed by atoms with Gasteiger partial charge in [-0.25, -0.2) is 9.38 Å². The molecule has 0 aliphatic heterocycles. The molecule has 0 radical (unpaired) electrons. The Morgan fingerprint density at radius 3 is 2.52 bits per heavy atom. The van der Waals surface area contributed by atoms with Crippen LogP contribution in [-0.4, -0.2) is 44.6 Å². The van der Waals surface area contributed by atoms with E-state index < -0.39 is 0 Å². The number of hydrogen-bond donors (Lipinski definition) is 2. The van der Waals surface area contributed by atoms with Crippen LogP contribution in [0.25, 0.3) is 0 Å². The van der Waals surface area contributed by atoms with Crippen molar-refractivity contribution in [3.63, 3.8) is 0 Å². The van der Waals surface area contributed by atoms with Crippen molar-refractivity contribution in [2.24, 2.45) is 10.4 Å². The second-order valence-corrected chi connectivity index (χ2v) is 7.03. The molecule has 1 aromatic carbocycles. The summed E-state index contributed by atoms with van der Waals surface area (Å²) < 4.78 is 13.3. The van der Waals surface area contributed by atoms with Crippen molar-refractivity contribution in [2.45, 2.75) is 34.2 Å². The van der Waals surface area contributed by atoms with Crippen LogP contribution in [0, 0.1) is 18.2 Å². The lowest BCUT2D eigenvalue weighted by molar-refractivity contribution is 0.241. The van der Waals surface area contributed by atoms with Crippen LogP contribution in [0.3, 0.4) is 0 Å². The third-order valence-corrected chi connectivity index (χ3v) is 3.46. The number of rotatable bonds is 7. The zero-order chi connectivity index (χ0) is 17.5. The molecule has 0 unspecified atom stereocenters. The summed E-state index contributed by atoms with van der Waals surface area (Å²) in [6.07, 6.45) is 0. The Morgan fingerprint density at radius 2 is 1.96 bits per heavy atom. The Kier molecular flexibility index (Phi) is 7.49. The van der Waals surface area contributed by atoms with Crippen molar-refractivity contribution in [1.82, 2.24) is 15.5 Å². The minimum atomic E-state index is -0.173. The van der Waals surface area contributed by atoms with E-state index in [0.29, 0.717) is 12.1 Å². The van der Waals surface area contributed by atoms with Gasteiger partial charge in [0.2, 0.25) is 0 Å². The number of nitrogens with zero attached hydrogens (tertiary/aromatic N) is 2. The smallest absolute Gasteiger partial charge is 0.191 e. The van der Waals surface area contributed by atoms with Gasteiger partial charge in [0.1, 0.15) is 5.82 Å². The van der Waals surface area contributed by atoms with E-state index in [0.717, 1.165) is 31.2 Å². The van der Waals surface area contributed by atoms with Crippen molar-refractivity contribution in [2.75, 3.05) is 33.7 Å². The largest absolute Gasteiger partial charge is 0.357 e. The van der Waals surface area contributed by atoms with Crippen molar-refractivity contribution >= 4 is 5.96 Å². The summed E-state index contributed by atoms with van der Waals surface area (Å²) in [4.78, 5) is 6.78. The Morgan fingerprint density at radius 1 is 1.26 bits per heavy atom. The molecule has 0 saturated heterocycles. The van der Waals surface area contributed by atoms with Crippen LogP contribution in [-0.2, 0) is 6.54 Å². The van der Waals surface area contributed by atoms with Gasteiger partial charge >= 0.3 is 0 Å². The molecule has 130 valence electrons. The van der Waals surface area contributed by atoms with Gasteiger partial charge in [-0.1, -0.05) is 26.0 Å². The fourth-order valence-corrected chi connectivity index (χ4v) is 2.55. The summed E-state index contributed by atoms with van der Waals surface area (Å²) in [6, 6.07) is 5.13. The fraction of sp³-hybridized carbons (Fsp3) is 0.611. The highest BCUT2D eigenvalue weighted by atomic mass is 19.1. The number of nitrogens with one attached hydrogen (secondary N) is 2. The fourth-order valence-electron chi connectivity index (χ4n) is 2.55. The van der Waals surface area contributed by atoms with Crippen LogP contribution >= 0.6 is 0 Å². The Balaban J connectivity index is 2.67. The molecule has 5 heteroatoms. The van der Waals surface area contributed by atoms with E-state index in [1.165, 1.54) is 6.07 Å². The summed E-state index contributed by atoms with van der Waals surface area (Å²) in [5.74, 6) is 0.620. The van der Waals surface area contributed by atoms with E-state index in [4.69, 9.17) is 0 Å². The molecule has 0 aliphatic carbocycles. The molecule has 4 nitrogen and oxygen atoms in total. The zero-order valence-electron chi connectivity index (χ0n) is 15.3. The van der Waals surface area contributed by atoms with Gasteiger partial charge in [0, 0.05) is 19.6 Å². The molecule has 0 heterocycles. The predicted molar refractivity (Wildman–Crippen MR) is 96.3 cm³/mol. The summed E-state index contributed by atoms with van der Waals surface area (Å²) in [6.45, 7) is 11.4. The zero-order valence-corrected chi connectivity index (χ0v) is 15.3. The van der Waals surface area contributed by atoms with Gasteiger partial charge in [-0.05, 0) is 50.6 Å². The van der Waals surface area contributed by atoms with Crippen molar-refractivity contribution < 1.29 is 4.39 Å². The maximum Gasteiger partial charge on any atom is 0.191 e. The number of aryl methyl sites for hydroxylation is 1. The SMILES string of the molecule is CCNC(=NCc1ccc(F)c(C)c1)NCC(C)(C)CN(C)C. The Hall–Kier alpha value is -1.62. The molecule has 0 atom stereocenters. The summed E-state index contributed by atoms with van der Waals surface area (Å²) >= 11 is 0. The number of benzene rings is 1. The van der Waals surface area contributed by atoms with Gasteiger partial charge in [0.05, 0.1) is 6.54 Å². The van der Waals surface area contributed by atoms with Gasteiger partial charge in [0.15, 0.2) is 5.96 Å². The van der Waals surface area contributed by atoms with Crippen LogP contribution < -0.4 is 10.6 Å². The average molecular weight is 322 g/mol. The standard InChI is InChI=1S/C18H31FN4/c1-7-20-17(22-12-18(3,4)13-23(5)6)21-11-15-8-9-16(19)14(2)10-15/h8-10H,7,11-13H2,1-6H3,(H2,20,21,22). The third kappa shape index (κ3) is 7.46.